The van der Waals surface area contributed by atoms with Crippen LogP contribution in [0.2, 0.25) is 5.02 Å². The first-order chi connectivity index (χ1) is 18.0. The van der Waals surface area contributed by atoms with Gasteiger partial charge in [0.1, 0.15) is 5.75 Å². The highest BCUT2D eigenvalue weighted by Gasteiger charge is 2.61. The van der Waals surface area contributed by atoms with Crippen LogP contribution in [0.25, 0.3) is 0 Å². The Hall–Kier alpha value is -4.22. The van der Waals surface area contributed by atoms with E-state index in [9.17, 15) is 14.4 Å². The van der Waals surface area contributed by atoms with Gasteiger partial charge in [-0.15, -0.1) is 0 Å². The molecule has 1 fully saturated rings. The fraction of sp³-hybridized carbons (Fsp3) is 0.129. The van der Waals surface area contributed by atoms with Crippen LogP contribution < -0.4 is 9.64 Å². The number of esters is 1. The molecule has 4 aliphatic rings. The first-order valence-electron chi connectivity index (χ1n) is 12.2. The Morgan fingerprint density at radius 2 is 1.19 bits per heavy atom. The molecule has 2 bridgehead atoms. The van der Waals surface area contributed by atoms with Gasteiger partial charge in [0.15, 0.2) is 0 Å². The zero-order chi connectivity index (χ0) is 25.3. The van der Waals surface area contributed by atoms with Gasteiger partial charge in [0.2, 0.25) is 11.8 Å². The molecule has 180 valence electrons. The van der Waals surface area contributed by atoms with Gasteiger partial charge in [-0.25, -0.2) is 9.69 Å². The van der Waals surface area contributed by atoms with E-state index in [0.717, 1.165) is 22.3 Å². The summed E-state index contributed by atoms with van der Waals surface area (Å²) >= 11 is 6.13. The van der Waals surface area contributed by atoms with Crippen molar-refractivity contribution in [1.82, 2.24) is 0 Å². The Labute approximate surface area is 218 Å². The maximum absolute atomic E-state index is 13.9. The van der Waals surface area contributed by atoms with E-state index >= 15 is 0 Å². The zero-order valence-electron chi connectivity index (χ0n) is 19.5. The Kier molecular flexibility index (Phi) is 4.85. The molecule has 0 spiro atoms. The van der Waals surface area contributed by atoms with E-state index in [2.05, 4.69) is 24.3 Å². The number of nitrogens with zero attached hydrogens (tertiary/aromatic N) is 1. The molecule has 0 radical (unpaired) electrons. The van der Waals surface area contributed by atoms with Crippen molar-refractivity contribution in [3.63, 3.8) is 0 Å². The molecule has 37 heavy (non-hydrogen) atoms. The van der Waals surface area contributed by atoms with E-state index in [-0.39, 0.29) is 35.0 Å². The molecule has 4 aromatic rings. The lowest BCUT2D eigenvalue weighted by atomic mass is 9.55. The van der Waals surface area contributed by atoms with Gasteiger partial charge in [0.05, 0.1) is 28.1 Å². The van der Waals surface area contributed by atoms with Crippen molar-refractivity contribution >= 4 is 35.1 Å². The lowest BCUT2D eigenvalue weighted by Gasteiger charge is -2.45. The summed E-state index contributed by atoms with van der Waals surface area (Å²) in [6.07, 6.45) is 0. The van der Waals surface area contributed by atoms with E-state index in [1.54, 1.807) is 42.5 Å². The Bertz CT molecular complexity index is 1510. The average molecular weight is 506 g/mol. The number of rotatable bonds is 3. The average Bonchev–Trinajstić information content (AvgIpc) is 3.20. The summed E-state index contributed by atoms with van der Waals surface area (Å²) in [7, 11) is 0. The summed E-state index contributed by atoms with van der Waals surface area (Å²) in [6, 6.07) is 29.4. The molecule has 5 nitrogen and oxygen atoms in total. The minimum absolute atomic E-state index is 0.183. The third-order valence-corrected chi connectivity index (χ3v) is 8.14. The maximum Gasteiger partial charge on any atom is 0.343 e. The fourth-order valence-electron chi connectivity index (χ4n) is 6.39. The lowest BCUT2D eigenvalue weighted by Crippen LogP contribution is -2.41. The van der Waals surface area contributed by atoms with Crippen LogP contribution in [0.1, 0.15) is 44.4 Å². The highest BCUT2D eigenvalue weighted by atomic mass is 35.5. The van der Waals surface area contributed by atoms with Crippen molar-refractivity contribution in [2.75, 3.05) is 4.90 Å². The van der Waals surface area contributed by atoms with Crippen LogP contribution in [0.4, 0.5) is 5.69 Å². The fourth-order valence-corrected chi connectivity index (χ4v) is 6.56. The monoisotopic (exact) mass is 505 g/mol. The minimum Gasteiger partial charge on any atom is -0.421 e. The molecule has 0 aromatic heterocycles. The van der Waals surface area contributed by atoms with Gasteiger partial charge in [0.25, 0.3) is 0 Å². The number of hydrogen-bond donors (Lipinski definition) is 0. The third-order valence-electron chi connectivity index (χ3n) is 7.83. The third kappa shape index (κ3) is 3.14. The molecule has 1 aliphatic heterocycles. The van der Waals surface area contributed by atoms with Crippen molar-refractivity contribution in [3.8, 4) is 5.75 Å². The number of ether oxygens (including phenoxy) is 1. The van der Waals surface area contributed by atoms with Crippen LogP contribution in [0, 0.1) is 11.8 Å². The van der Waals surface area contributed by atoms with E-state index in [4.69, 9.17) is 16.3 Å². The van der Waals surface area contributed by atoms with Gasteiger partial charge < -0.3 is 4.74 Å². The second-order valence-electron chi connectivity index (χ2n) is 9.65. The summed E-state index contributed by atoms with van der Waals surface area (Å²) in [6.45, 7) is 0. The topological polar surface area (TPSA) is 63.7 Å². The Morgan fingerprint density at radius 1 is 0.676 bits per heavy atom. The van der Waals surface area contributed by atoms with Crippen molar-refractivity contribution < 1.29 is 19.1 Å². The molecule has 6 heteroatoms. The number of benzene rings is 4. The second-order valence-corrected chi connectivity index (χ2v) is 10.1. The molecular formula is C31H20ClNO4. The standard InChI is InChI=1S/C31H20ClNO4/c32-23-14-5-6-15-24(23)37-31(36)17-8-7-9-18(16-17)33-29(34)27-25-19-10-1-2-11-20(19)26(28(27)30(33)35)22-13-4-3-12-21(22)25/h1-16,25-28H/t25?,26?,27-,28-/m1/s1. The molecule has 4 aromatic carbocycles. The van der Waals surface area contributed by atoms with Crippen LogP contribution >= 0.6 is 11.6 Å². The number of para-hydroxylation sites is 1. The molecule has 8 rings (SSSR count). The number of anilines is 1. The normalized spacial score (nSPS) is 22.9. The van der Waals surface area contributed by atoms with Crippen LogP contribution in [0.5, 0.6) is 5.75 Å². The summed E-state index contributed by atoms with van der Waals surface area (Å²) in [4.78, 5) is 42.0. The van der Waals surface area contributed by atoms with E-state index < -0.39 is 17.8 Å². The number of hydrogen-bond acceptors (Lipinski definition) is 4. The number of carbonyl (C=O) groups excluding carboxylic acids is 3. The largest absolute Gasteiger partial charge is 0.421 e. The smallest absolute Gasteiger partial charge is 0.343 e. The lowest BCUT2D eigenvalue weighted by molar-refractivity contribution is -0.122. The molecule has 0 saturated carbocycles. The zero-order valence-corrected chi connectivity index (χ0v) is 20.3. The van der Waals surface area contributed by atoms with E-state index in [0.29, 0.717) is 10.7 Å². The Morgan fingerprint density at radius 3 is 1.73 bits per heavy atom. The molecular weight excluding hydrogens is 486 g/mol. The number of imide groups is 1. The quantitative estimate of drug-likeness (QED) is 0.196. The molecule has 3 aliphatic carbocycles. The minimum atomic E-state index is -0.619. The molecule has 2 amide bonds. The van der Waals surface area contributed by atoms with Crippen molar-refractivity contribution in [2.24, 2.45) is 11.8 Å². The highest BCUT2D eigenvalue weighted by molar-refractivity contribution is 6.32. The van der Waals surface area contributed by atoms with Gasteiger partial charge in [-0.1, -0.05) is 78.3 Å². The van der Waals surface area contributed by atoms with Gasteiger partial charge in [-0.2, -0.15) is 0 Å². The first kappa shape index (κ1) is 22.0. The predicted molar refractivity (Wildman–Crippen MR) is 139 cm³/mol. The van der Waals surface area contributed by atoms with Crippen LogP contribution in [-0.4, -0.2) is 17.8 Å². The van der Waals surface area contributed by atoms with Crippen LogP contribution in [0.3, 0.4) is 0 Å². The molecule has 1 heterocycles. The molecule has 1 saturated heterocycles. The summed E-state index contributed by atoms with van der Waals surface area (Å²) < 4.78 is 5.47. The van der Waals surface area contributed by atoms with Gasteiger partial charge in [0, 0.05) is 11.8 Å². The van der Waals surface area contributed by atoms with E-state index in [1.807, 2.05) is 24.3 Å². The second kappa shape index (κ2) is 8.15. The van der Waals surface area contributed by atoms with Crippen LogP contribution in [0.15, 0.2) is 97.1 Å². The Balaban J connectivity index is 1.27. The number of carbonyl (C=O) groups is 3. The van der Waals surface area contributed by atoms with Crippen molar-refractivity contribution in [3.05, 3.63) is 130 Å². The summed E-state index contributed by atoms with van der Waals surface area (Å²) in [5.41, 5.74) is 5.06. The molecule has 0 N–H and O–H groups in total. The van der Waals surface area contributed by atoms with Gasteiger partial charge in [-0.05, 0) is 52.6 Å². The molecule has 2 atom stereocenters. The van der Waals surface area contributed by atoms with Crippen molar-refractivity contribution in [2.45, 2.75) is 11.8 Å². The highest BCUT2D eigenvalue weighted by Crippen LogP contribution is 2.61. The SMILES string of the molecule is O=C(Oc1ccccc1Cl)c1cccc(N2C(=O)[C@@H]3C4c5ccccc5C(c5ccccc54)[C@H]3C2=O)c1. The van der Waals surface area contributed by atoms with Gasteiger partial charge in [-0.3, -0.25) is 9.59 Å². The summed E-state index contributed by atoms with van der Waals surface area (Å²) in [5.74, 6) is -2.18. The number of amides is 2. The first-order valence-corrected chi connectivity index (χ1v) is 12.5. The van der Waals surface area contributed by atoms with E-state index in [1.165, 1.54) is 11.0 Å². The molecule has 0 unspecified atom stereocenters. The van der Waals surface area contributed by atoms with Crippen LogP contribution in [-0.2, 0) is 9.59 Å². The van der Waals surface area contributed by atoms with Crippen molar-refractivity contribution in [1.29, 1.82) is 0 Å². The predicted octanol–water partition coefficient (Wildman–Crippen LogP) is 5.96. The number of halogens is 1. The maximum atomic E-state index is 13.9. The van der Waals surface area contributed by atoms with Gasteiger partial charge >= 0.3 is 5.97 Å². The summed E-state index contributed by atoms with van der Waals surface area (Å²) in [5, 5.41) is 0.315.